The second-order valence-electron chi connectivity index (χ2n) is 4.77. The molecule has 1 aromatic heterocycles. The van der Waals surface area contributed by atoms with Crippen molar-refractivity contribution in [2.24, 2.45) is 0 Å². The van der Waals surface area contributed by atoms with Gasteiger partial charge in [0.15, 0.2) is 5.13 Å². The van der Waals surface area contributed by atoms with E-state index in [1.54, 1.807) is 12.1 Å². The molecule has 0 spiro atoms. The molecule has 2 aromatic rings. The lowest BCUT2D eigenvalue weighted by atomic mass is 10.1. The van der Waals surface area contributed by atoms with Crippen LogP contribution in [0.2, 0.25) is 0 Å². The third-order valence-electron chi connectivity index (χ3n) is 3.51. The second-order valence-corrected chi connectivity index (χ2v) is 5.83. The number of nitrogens with zero attached hydrogens (tertiary/aromatic N) is 2. The Morgan fingerprint density at radius 3 is 2.80 bits per heavy atom. The second kappa shape index (κ2) is 4.86. The number of hydrogen-bond donors (Lipinski definition) is 1. The number of halogens is 1. The van der Waals surface area contributed by atoms with Gasteiger partial charge in [0.05, 0.1) is 5.69 Å². The molecule has 1 N–H and O–H groups in total. The molecule has 104 valence electrons. The van der Waals surface area contributed by atoms with Crippen molar-refractivity contribution in [2.75, 3.05) is 11.9 Å². The number of anilines is 2. The number of hydrogen-bond acceptors (Lipinski definition) is 4. The van der Waals surface area contributed by atoms with Crippen LogP contribution in [-0.4, -0.2) is 23.1 Å². The first-order valence-corrected chi connectivity index (χ1v) is 7.09. The quantitative estimate of drug-likeness (QED) is 0.944. The molecule has 4 nitrogen and oxygen atoms in total. The van der Waals surface area contributed by atoms with E-state index in [0.717, 1.165) is 22.1 Å². The van der Waals surface area contributed by atoms with Crippen LogP contribution in [0, 0.1) is 5.82 Å². The van der Waals surface area contributed by atoms with Gasteiger partial charge >= 0.3 is 5.97 Å². The standard InChI is InChI=1S/C14H13FN2O2S/c1-17(9-4-2-8(15)3-5-9)14-16-12-10(13(18)19)6-7-11(12)20-14/h2-5,10H,6-7H2,1H3,(H,18,19). The van der Waals surface area contributed by atoms with Gasteiger partial charge in [0.2, 0.25) is 0 Å². The molecule has 1 atom stereocenters. The van der Waals surface area contributed by atoms with E-state index in [0.29, 0.717) is 12.1 Å². The number of fused-ring (bicyclic) bond motifs is 1. The maximum Gasteiger partial charge on any atom is 0.312 e. The Hall–Kier alpha value is -1.95. The van der Waals surface area contributed by atoms with Crippen LogP contribution >= 0.6 is 11.3 Å². The summed E-state index contributed by atoms with van der Waals surface area (Å²) in [4.78, 5) is 18.5. The zero-order chi connectivity index (χ0) is 14.3. The lowest BCUT2D eigenvalue weighted by Gasteiger charge is -2.16. The molecule has 1 aliphatic carbocycles. The van der Waals surface area contributed by atoms with E-state index in [4.69, 9.17) is 5.11 Å². The summed E-state index contributed by atoms with van der Waals surface area (Å²) in [6.07, 6.45) is 1.39. The van der Waals surface area contributed by atoms with E-state index in [1.165, 1.54) is 23.5 Å². The highest BCUT2D eigenvalue weighted by Crippen LogP contribution is 2.40. The fourth-order valence-corrected chi connectivity index (χ4v) is 3.49. The summed E-state index contributed by atoms with van der Waals surface area (Å²) in [5.74, 6) is -1.59. The Morgan fingerprint density at radius 2 is 2.15 bits per heavy atom. The predicted octanol–water partition coefficient (Wildman–Crippen LogP) is 3.16. The summed E-state index contributed by atoms with van der Waals surface area (Å²) in [6.45, 7) is 0. The fourth-order valence-electron chi connectivity index (χ4n) is 2.37. The van der Waals surface area contributed by atoms with Gasteiger partial charge < -0.3 is 10.0 Å². The summed E-state index contributed by atoms with van der Waals surface area (Å²) >= 11 is 1.51. The Morgan fingerprint density at radius 1 is 1.45 bits per heavy atom. The van der Waals surface area contributed by atoms with Crippen molar-refractivity contribution in [2.45, 2.75) is 18.8 Å². The number of carboxylic acid groups (broad SMARTS) is 1. The summed E-state index contributed by atoms with van der Waals surface area (Å²) in [6, 6.07) is 6.15. The zero-order valence-corrected chi connectivity index (χ0v) is 11.7. The number of carboxylic acids is 1. The third-order valence-corrected chi connectivity index (χ3v) is 4.71. The maximum absolute atomic E-state index is 12.9. The number of rotatable bonds is 3. The minimum Gasteiger partial charge on any atom is -0.481 e. The van der Waals surface area contributed by atoms with Crippen molar-refractivity contribution in [3.8, 4) is 0 Å². The van der Waals surface area contributed by atoms with E-state index in [9.17, 15) is 9.18 Å². The van der Waals surface area contributed by atoms with Crippen molar-refractivity contribution < 1.29 is 14.3 Å². The van der Waals surface area contributed by atoms with E-state index in [-0.39, 0.29) is 5.82 Å². The maximum atomic E-state index is 12.9. The first-order valence-electron chi connectivity index (χ1n) is 6.28. The molecule has 1 aliphatic rings. The molecular weight excluding hydrogens is 279 g/mol. The Bertz CT molecular complexity index is 654. The van der Waals surface area contributed by atoms with Crippen molar-refractivity contribution in [1.82, 2.24) is 4.98 Å². The number of aromatic nitrogens is 1. The summed E-state index contributed by atoms with van der Waals surface area (Å²) in [5.41, 5.74) is 1.51. The molecule has 1 aromatic carbocycles. The molecule has 0 radical (unpaired) electrons. The van der Waals surface area contributed by atoms with Crippen molar-refractivity contribution in [3.63, 3.8) is 0 Å². The summed E-state index contributed by atoms with van der Waals surface area (Å²) in [5, 5.41) is 9.91. The van der Waals surface area contributed by atoms with Crippen LogP contribution in [0.3, 0.4) is 0 Å². The van der Waals surface area contributed by atoms with Crippen molar-refractivity contribution >= 4 is 28.1 Å². The number of carbonyl (C=O) groups is 1. The molecule has 0 aliphatic heterocycles. The molecule has 0 saturated carbocycles. The minimum atomic E-state index is -0.815. The fraction of sp³-hybridized carbons (Fsp3) is 0.286. The van der Waals surface area contributed by atoms with Crippen molar-refractivity contribution in [1.29, 1.82) is 0 Å². The van der Waals surface area contributed by atoms with Gasteiger partial charge in [-0.3, -0.25) is 4.79 Å². The van der Waals surface area contributed by atoms with Crippen LogP contribution in [0.1, 0.15) is 22.9 Å². The zero-order valence-electron chi connectivity index (χ0n) is 10.8. The Labute approximate surface area is 119 Å². The molecule has 0 amide bonds. The van der Waals surface area contributed by atoms with Gasteiger partial charge in [-0.05, 0) is 37.1 Å². The van der Waals surface area contributed by atoms with Crippen LogP contribution in [-0.2, 0) is 11.2 Å². The van der Waals surface area contributed by atoms with Gasteiger partial charge in [-0.15, -0.1) is 11.3 Å². The third kappa shape index (κ3) is 2.16. The molecule has 3 rings (SSSR count). The van der Waals surface area contributed by atoms with Crippen LogP contribution in [0.15, 0.2) is 24.3 Å². The molecule has 1 unspecified atom stereocenters. The number of aryl methyl sites for hydroxylation is 1. The number of thiazole rings is 1. The van der Waals surface area contributed by atoms with Gasteiger partial charge in [-0.25, -0.2) is 9.37 Å². The first-order chi connectivity index (χ1) is 9.56. The average molecular weight is 292 g/mol. The van der Waals surface area contributed by atoms with E-state index < -0.39 is 11.9 Å². The first kappa shape index (κ1) is 13.1. The normalized spacial score (nSPS) is 17.0. The van der Waals surface area contributed by atoms with Gasteiger partial charge in [0, 0.05) is 17.6 Å². The van der Waals surface area contributed by atoms with Crippen LogP contribution < -0.4 is 4.90 Å². The van der Waals surface area contributed by atoms with Crippen LogP contribution in [0.5, 0.6) is 0 Å². The predicted molar refractivity (Wildman–Crippen MR) is 75.3 cm³/mol. The summed E-state index contributed by atoms with van der Waals surface area (Å²) in [7, 11) is 1.84. The van der Waals surface area contributed by atoms with Gasteiger partial charge in [-0.1, -0.05) is 0 Å². The molecule has 0 saturated heterocycles. The number of benzene rings is 1. The van der Waals surface area contributed by atoms with Crippen LogP contribution in [0.25, 0.3) is 0 Å². The lowest BCUT2D eigenvalue weighted by Crippen LogP contribution is -2.11. The summed E-state index contributed by atoms with van der Waals surface area (Å²) < 4.78 is 12.9. The van der Waals surface area contributed by atoms with Gasteiger partial charge in [0.25, 0.3) is 0 Å². The topological polar surface area (TPSA) is 53.4 Å². The SMILES string of the molecule is CN(c1ccc(F)cc1)c1nc2c(s1)CCC2C(=O)O. The van der Waals surface area contributed by atoms with E-state index in [1.807, 2.05) is 11.9 Å². The molecule has 20 heavy (non-hydrogen) atoms. The van der Waals surface area contributed by atoms with Gasteiger partial charge in [0.1, 0.15) is 11.7 Å². The highest BCUT2D eigenvalue weighted by Gasteiger charge is 2.33. The molecule has 0 fully saturated rings. The molecule has 1 heterocycles. The smallest absolute Gasteiger partial charge is 0.312 e. The van der Waals surface area contributed by atoms with Crippen molar-refractivity contribution in [3.05, 3.63) is 40.7 Å². The molecule has 6 heteroatoms. The van der Waals surface area contributed by atoms with Gasteiger partial charge in [-0.2, -0.15) is 0 Å². The lowest BCUT2D eigenvalue weighted by molar-refractivity contribution is -0.138. The Balaban J connectivity index is 1.90. The van der Waals surface area contributed by atoms with Crippen LogP contribution in [0.4, 0.5) is 15.2 Å². The molecule has 0 bridgehead atoms. The molecular formula is C14H13FN2O2S. The number of aliphatic carboxylic acids is 1. The van der Waals surface area contributed by atoms with E-state index >= 15 is 0 Å². The minimum absolute atomic E-state index is 0.283. The largest absolute Gasteiger partial charge is 0.481 e. The monoisotopic (exact) mass is 292 g/mol. The average Bonchev–Trinajstić information content (AvgIpc) is 2.97. The highest BCUT2D eigenvalue weighted by molar-refractivity contribution is 7.15. The highest BCUT2D eigenvalue weighted by atomic mass is 32.1. The Kier molecular flexibility index (Phi) is 3.17. The van der Waals surface area contributed by atoms with E-state index in [2.05, 4.69) is 4.98 Å².